The molecule has 4 rings (SSSR count). The van der Waals surface area contributed by atoms with Gasteiger partial charge in [-0.15, -0.1) is 0 Å². The van der Waals surface area contributed by atoms with E-state index in [1.807, 2.05) is 42.5 Å². The lowest BCUT2D eigenvalue weighted by Gasteiger charge is -2.32. The van der Waals surface area contributed by atoms with Gasteiger partial charge in [0.05, 0.1) is 29.5 Å². The number of halogens is 1. The first kappa shape index (κ1) is 19.2. The van der Waals surface area contributed by atoms with Gasteiger partial charge in [0.15, 0.2) is 0 Å². The molecule has 0 N–H and O–H groups in total. The first-order valence-corrected chi connectivity index (χ1v) is 9.82. The molecule has 3 aromatic rings. The molecule has 1 atom stereocenters. The van der Waals surface area contributed by atoms with Crippen LogP contribution in [0.25, 0.3) is 0 Å². The highest BCUT2D eigenvalue weighted by atomic mass is 35.5. The maximum atomic E-state index is 13.2. The molecule has 1 aromatic heterocycles. The van der Waals surface area contributed by atoms with E-state index >= 15 is 0 Å². The van der Waals surface area contributed by atoms with E-state index in [4.69, 9.17) is 21.1 Å². The molecule has 0 spiro atoms. The Labute approximate surface area is 174 Å². The average molecular weight is 410 g/mol. The summed E-state index contributed by atoms with van der Waals surface area (Å²) in [5.41, 5.74) is 0.528. The molecule has 0 radical (unpaired) electrons. The Morgan fingerprint density at radius 2 is 1.76 bits per heavy atom. The summed E-state index contributed by atoms with van der Waals surface area (Å²) in [6.07, 6.45) is 4.49. The van der Waals surface area contributed by atoms with E-state index in [9.17, 15) is 4.79 Å². The summed E-state index contributed by atoms with van der Waals surface area (Å²) in [6, 6.07) is 17.0. The lowest BCUT2D eigenvalue weighted by atomic mass is 10.1. The first-order valence-electron chi connectivity index (χ1n) is 9.44. The van der Waals surface area contributed by atoms with Crippen LogP contribution in [0.2, 0.25) is 5.02 Å². The van der Waals surface area contributed by atoms with Crippen LogP contribution in [0.5, 0.6) is 17.5 Å². The SMILES string of the molecule is O=C(c1ccccc1Oc1ccccc1)N1CCCC(Oc2ncc(Cl)cn2)C1. The van der Waals surface area contributed by atoms with Gasteiger partial charge in [0.2, 0.25) is 0 Å². The van der Waals surface area contributed by atoms with Crippen molar-refractivity contribution in [2.75, 3.05) is 13.1 Å². The van der Waals surface area contributed by atoms with E-state index in [-0.39, 0.29) is 18.0 Å². The standard InChI is InChI=1S/C22H20ClN3O3/c23-16-13-24-22(25-14-16)29-18-9-6-12-26(15-18)21(27)19-10-4-5-11-20(19)28-17-7-2-1-3-8-17/h1-5,7-8,10-11,13-14,18H,6,9,12,15H2. The summed E-state index contributed by atoms with van der Waals surface area (Å²) in [6.45, 7) is 1.13. The minimum Gasteiger partial charge on any atom is -0.458 e. The lowest BCUT2D eigenvalue weighted by molar-refractivity contribution is 0.0513. The smallest absolute Gasteiger partial charge is 0.316 e. The van der Waals surface area contributed by atoms with Crippen LogP contribution >= 0.6 is 11.6 Å². The molecule has 0 aliphatic carbocycles. The van der Waals surface area contributed by atoms with E-state index in [1.165, 1.54) is 12.4 Å². The third-order valence-corrected chi connectivity index (χ3v) is 4.82. The lowest BCUT2D eigenvalue weighted by Crippen LogP contribution is -2.44. The summed E-state index contributed by atoms with van der Waals surface area (Å²) in [5.74, 6) is 1.14. The van der Waals surface area contributed by atoms with Gasteiger partial charge in [-0.3, -0.25) is 4.79 Å². The van der Waals surface area contributed by atoms with Crippen molar-refractivity contribution in [1.82, 2.24) is 14.9 Å². The van der Waals surface area contributed by atoms with E-state index in [0.29, 0.717) is 35.2 Å². The highest BCUT2D eigenvalue weighted by Crippen LogP contribution is 2.27. The summed E-state index contributed by atoms with van der Waals surface area (Å²) >= 11 is 5.81. The first-order chi connectivity index (χ1) is 14.2. The third-order valence-electron chi connectivity index (χ3n) is 4.62. The van der Waals surface area contributed by atoms with Crippen LogP contribution in [0.15, 0.2) is 67.0 Å². The largest absolute Gasteiger partial charge is 0.458 e. The molecule has 2 heterocycles. The zero-order chi connectivity index (χ0) is 20.1. The predicted molar refractivity (Wildman–Crippen MR) is 110 cm³/mol. The highest BCUT2D eigenvalue weighted by Gasteiger charge is 2.28. The number of aromatic nitrogens is 2. The van der Waals surface area contributed by atoms with Crippen LogP contribution in [0.3, 0.4) is 0 Å². The van der Waals surface area contributed by atoms with Crippen molar-refractivity contribution in [2.45, 2.75) is 18.9 Å². The number of benzene rings is 2. The monoisotopic (exact) mass is 409 g/mol. The molecular weight excluding hydrogens is 390 g/mol. The number of ether oxygens (including phenoxy) is 2. The van der Waals surface area contributed by atoms with E-state index in [0.717, 1.165) is 12.8 Å². The van der Waals surface area contributed by atoms with E-state index < -0.39 is 0 Å². The molecule has 0 saturated carbocycles. The summed E-state index contributed by atoms with van der Waals surface area (Å²) < 4.78 is 11.8. The molecule has 1 saturated heterocycles. The Hall–Kier alpha value is -3.12. The van der Waals surface area contributed by atoms with Crippen LogP contribution in [0.4, 0.5) is 0 Å². The van der Waals surface area contributed by atoms with E-state index in [1.54, 1.807) is 17.0 Å². The van der Waals surface area contributed by atoms with Gasteiger partial charge in [0.1, 0.15) is 17.6 Å². The van der Waals surface area contributed by atoms with Gasteiger partial charge in [0.25, 0.3) is 5.91 Å². The van der Waals surface area contributed by atoms with Crippen LogP contribution in [0.1, 0.15) is 23.2 Å². The number of hydrogen-bond donors (Lipinski definition) is 0. The number of carbonyl (C=O) groups excluding carboxylic acids is 1. The van der Waals surface area contributed by atoms with Crippen molar-refractivity contribution < 1.29 is 14.3 Å². The zero-order valence-corrected chi connectivity index (χ0v) is 16.5. The average Bonchev–Trinajstić information content (AvgIpc) is 2.76. The fourth-order valence-electron chi connectivity index (χ4n) is 3.25. The molecule has 1 amide bonds. The second kappa shape index (κ2) is 8.92. The fraction of sp³-hybridized carbons (Fsp3) is 0.227. The highest BCUT2D eigenvalue weighted by molar-refractivity contribution is 6.30. The third kappa shape index (κ3) is 4.84. The van der Waals surface area contributed by atoms with Crippen molar-refractivity contribution in [1.29, 1.82) is 0 Å². The van der Waals surface area contributed by atoms with Crippen molar-refractivity contribution in [3.63, 3.8) is 0 Å². The Bertz CT molecular complexity index is 967. The molecule has 6 nitrogen and oxygen atoms in total. The van der Waals surface area contributed by atoms with Gasteiger partial charge in [0, 0.05) is 6.54 Å². The molecule has 7 heteroatoms. The van der Waals surface area contributed by atoms with Crippen molar-refractivity contribution >= 4 is 17.5 Å². The second-order valence-corrected chi connectivity index (χ2v) is 7.16. The molecule has 1 aliphatic rings. The number of likely N-dealkylation sites (tertiary alicyclic amines) is 1. The topological polar surface area (TPSA) is 64.5 Å². The molecule has 2 aromatic carbocycles. The molecule has 1 unspecified atom stereocenters. The van der Waals surface area contributed by atoms with Crippen molar-refractivity contribution in [3.05, 3.63) is 77.6 Å². The number of amides is 1. The molecule has 1 aliphatic heterocycles. The number of rotatable bonds is 5. The molecule has 1 fully saturated rings. The van der Waals surface area contributed by atoms with Crippen LogP contribution in [0, 0.1) is 0 Å². The quantitative estimate of drug-likeness (QED) is 0.615. The number of hydrogen-bond acceptors (Lipinski definition) is 5. The number of carbonyl (C=O) groups is 1. The van der Waals surface area contributed by atoms with Crippen molar-refractivity contribution in [3.8, 4) is 17.5 Å². The van der Waals surface area contributed by atoms with E-state index in [2.05, 4.69) is 9.97 Å². The Kier molecular flexibility index (Phi) is 5.91. The fourth-order valence-corrected chi connectivity index (χ4v) is 3.34. The summed E-state index contributed by atoms with van der Waals surface area (Å²) in [5, 5.41) is 0.452. The minimum absolute atomic E-state index is 0.0816. The Balaban J connectivity index is 1.47. The molecule has 0 bridgehead atoms. The Morgan fingerprint density at radius 1 is 1.03 bits per heavy atom. The van der Waals surface area contributed by atoms with Gasteiger partial charge < -0.3 is 14.4 Å². The maximum Gasteiger partial charge on any atom is 0.316 e. The number of nitrogens with zero attached hydrogens (tertiary/aromatic N) is 3. The van der Waals surface area contributed by atoms with Gasteiger partial charge in [-0.05, 0) is 37.1 Å². The summed E-state index contributed by atoms with van der Waals surface area (Å²) in [7, 11) is 0. The van der Waals surface area contributed by atoms with Gasteiger partial charge in [-0.25, -0.2) is 9.97 Å². The minimum atomic E-state index is -0.170. The molecular formula is C22H20ClN3O3. The Morgan fingerprint density at radius 3 is 2.55 bits per heavy atom. The van der Waals surface area contributed by atoms with Gasteiger partial charge >= 0.3 is 6.01 Å². The molecule has 29 heavy (non-hydrogen) atoms. The van der Waals surface area contributed by atoms with Gasteiger partial charge in [-0.2, -0.15) is 0 Å². The van der Waals surface area contributed by atoms with Crippen molar-refractivity contribution in [2.24, 2.45) is 0 Å². The number of para-hydroxylation sites is 2. The molecule has 148 valence electrons. The van der Waals surface area contributed by atoms with Crippen LogP contribution < -0.4 is 9.47 Å². The van der Waals surface area contributed by atoms with Crippen LogP contribution in [-0.4, -0.2) is 40.0 Å². The van der Waals surface area contributed by atoms with Gasteiger partial charge in [-0.1, -0.05) is 41.9 Å². The normalized spacial score (nSPS) is 16.3. The second-order valence-electron chi connectivity index (χ2n) is 6.73. The maximum absolute atomic E-state index is 13.2. The number of piperidine rings is 1. The summed E-state index contributed by atoms with van der Waals surface area (Å²) in [4.78, 5) is 23.1. The van der Waals surface area contributed by atoms with Crippen LogP contribution in [-0.2, 0) is 0 Å². The predicted octanol–water partition coefficient (Wildman–Crippen LogP) is 4.61. The zero-order valence-electron chi connectivity index (χ0n) is 15.7.